The molecule has 0 aliphatic heterocycles. The summed E-state index contributed by atoms with van der Waals surface area (Å²) in [6.45, 7) is 0. The number of halogens is 5. The first kappa shape index (κ1) is 12.6. The minimum Gasteiger partial charge on any atom is -0.492 e. The van der Waals surface area contributed by atoms with E-state index in [0.717, 1.165) is 6.07 Å². The van der Waals surface area contributed by atoms with Crippen molar-refractivity contribution in [2.24, 2.45) is 0 Å². The third-order valence-electron chi connectivity index (χ3n) is 2.69. The van der Waals surface area contributed by atoms with E-state index in [1.165, 1.54) is 0 Å². The Bertz CT molecular complexity index is 840. The summed E-state index contributed by atoms with van der Waals surface area (Å²) < 4.78 is 64.4. The molecule has 3 aromatic rings. The van der Waals surface area contributed by atoms with Crippen LogP contribution in [0.3, 0.4) is 0 Å². The molecule has 0 unspecified atom stereocenters. The van der Waals surface area contributed by atoms with Gasteiger partial charge in [-0.25, -0.2) is 13.8 Å². The van der Waals surface area contributed by atoms with E-state index in [1.54, 1.807) is 0 Å². The molecule has 2 aromatic heterocycles. The fraction of sp³-hybridized carbons (Fsp3) is 0.0909. The summed E-state index contributed by atoms with van der Waals surface area (Å²) in [4.78, 5) is 8.47. The van der Waals surface area contributed by atoms with Gasteiger partial charge in [0.2, 0.25) is 11.7 Å². The quantitative estimate of drug-likeness (QED) is 0.625. The van der Waals surface area contributed by atoms with Gasteiger partial charge >= 0.3 is 6.18 Å². The normalized spacial score (nSPS) is 12.4. The standard InChI is InChI=1S/C11H4F5N3O/c12-3-1-4(13)6-5(2-3)17-8-7(6)18-10(11(14,15)16)19-9(8)20/h1-2,17H,(H,18,19,20). The number of aromatic nitrogens is 3. The molecular weight excluding hydrogens is 285 g/mol. The lowest BCUT2D eigenvalue weighted by atomic mass is 10.2. The maximum Gasteiger partial charge on any atom is 0.451 e. The lowest BCUT2D eigenvalue weighted by molar-refractivity contribution is -0.145. The van der Waals surface area contributed by atoms with Gasteiger partial charge < -0.3 is 10.1 Å². The first-order valence-electron chi connectivity index (χ1n) is 5.22. The molecule has 4 nitrogen and oxygen atoms in total. The highest BCUT2D eigenvalue weighted by molar-refractivity contribution is 6.06. The van der Waals surface area contributed by atoms with Crippen molar-refractivity contribution in [1.82, 2.24) is 15.0 Å². The molecule has 0 fully saturated rings. The number of rotatable bonds is 0. The summed E-state index contributed by atoms with van der Waals surface area (Å²) >= 11 is 0. The third kappa shape index (κ3) is 1.74. The van der Waals surface area contributed by atoms with Crippen molar-refractivity contribution >= 4 is 21.9 Å². The molecule has 0 aliphatic rings. The minimum atomic E-state index is -4.90. The zero-order chi connectivity index (χ0) is 14.7. The predicted octanol–water partition coefficient (Wildman–Crippen LogP) is 3.11. The first-order chi connectivity index (χ1) is 9.27. The summed E-state index contributed by atoms with van der Waals surface area (Å²) in [5, 5.41) is 9.14. The molecule has 0 amide bonds. The molecule has 9 heteroatoms. The fourth-order valence-corrected chi connectivity index (χ4v) is 1.92. The molecule has 104 valence electrons. The van der Waals surface area contributed by atoms with Crippen LogP contribution >= 0.6 is 0 Å². The Balaban J connectivity index is 2.48. The second-order valence-corrected chi connectivity index (χ2v) is 4.03. The second-order valence-electron chi connectivity index (χ2n) is 4.03. The Labute approximate surface area is 106 Å². The SMILES string of the molecule is Oc1nc(C(F)(F)F)nc2c1[nH]c1cc(F)cc(F)c12. The van der Waals surface area contributed by atoms with Gasteiger partial charge in [-0.15, -0.1) is 0 Å². The topological polar surface area (TPSA) is 61.8 Å². The summed E-state index contributed by atoms with van der Waals surface area (Å²) in [5.41, 5.74) is -0.878. The van der Waals surface area contributed by atoms with Crippen LogP contribution in [0, 0.1) is 11.6 Å². The number of aromatic amines is 1. The van der Waals surface area contributed by atoms with Gasteiger partial charge in [-0.3, -0.25) is 0 Å². The summed E-state index contributed by atoms with van der Waals surface area (Å²) in [6.07, 6.45) is -4.90. The molecule has 2 heterocycles. The highest BCUT2D eigenvalue weighted by Crippen LogP contribution is 2.34. The van der Waals surface area contributed by atoms with Crippen LogP contribution in [-0.2, 0) is 6.18 Å². The maximum absolute atomic E-state index is 13.7. The average molecular weight is 289 g/mol. The number of aromatic hydroxyl groups is 1. The maximum atomic E-state index is 13.7. The zero-order valence-electron chi connectivity index (χ0n) is 9.39. The van der Waals surface area contributed by atoms with E-state index in [2.05, 4.69) is 15.0 Å². The Morgan fingerprint density at radius 2 is 1.80 bits per heavy atom. The number of nitrogens with zero attached hydrogens (tertiary/aromatic N) is 2. The zero-order valence-corrected chi connectivity index (χ0v) is 9.39. The van der Waals surface area contributed by atoms with Gasteiger partial charge in [0.25, 0.3) is 0 Å². The summed E-state index contributed by atoms with van der Waals surface area (Å²) in [5.74, 6) is -4.59. The Kier molecular flexibility index (Phi) is 2.38. The van der Waals surface area contributed by atoms with Gasteiger partial charge in [0.15, 0.2) is 0 Å². The Morgan fingerprint density at radius 1 is 1.10 bits per heavy atom. The first-order valence-corrected chi connectivity index (χ1v) is 5.22. The van der Waals surface area contributed by atoms with E-state index in [4.69, 9.17) is 0 Å². The largest absolute Gasteiger partial charge is 0.492 e. The molecule has 0 spiro atoms. The van der Waals surface area contributed by atoms with Gasteiger partial charge in [-0.2, -0.15) is 18.2 Å². The van der Waals surface area contributed by atoms with E-state index >= 15 is 0 Å². The molecule has 0 atom stereocenters. The number of fused-ring (bicyclic) bond motifs is 3. The molecule has 20 heavy (non-hydrogen) atoms. The van der Waals surface area contributed by atoms with Crippen molar-refractivity contribution in [3.8, 4) is 5.88 Å². The third-order valence-corrected chi connectivity index (χ3v) is 2.69. The number of nitrogens with one attached hydrogen (secondary N) is 1. The smallest absolute Gasteiger partial charge is 0.451 e. The van der Waals surface area contributed by atoms with Crippen LogP contribution in [0.5, 0.6) is 5.88 Å². The number of hydrogen-bond donors (Lipinski definition) is 2. The monoisotopic (exact) mass is 289 g/mol. The summed E-state index contributed by atoms with van der Waals surface area (Å²) in [7, 11) is 0. The van der Waals surface area contributed by atoms with Crippen molar-refractivity contribution in [3.63, 3.8) is 0 Å². The lowest BCUT2D eigenvalue weighted by Gasteiger charge is -2.05. The molecule has 0 radical (unpaired) electrons. The molecule has 3 rings (SSSR count). The number of benzene rings is 1. The summed E-state index contributed by atoms with van der Waals surface area (Å²) in [6, 6.07) is 1.40. The van der Waals surface area contributed by atoms with Crippen molar-refractivity contribution < 1.29 is 27.1 Å². The second kappa shape index (κ2) is 3.78. The van der Waals surface area contributed by atoms with Crippen LogP contribution in [0.15, 0.2) is 12.1 Å². The van der Waals surface area contributed by atoms with E-state index in [-0.39, 0.29) is 16.4 Å². The van der Waals surface area contributed by atoms with Gasteiger partial charge in [-0.1, -0.05) is 0 Å². The van der Waals surface area contributed by atoms with Gasteiger partial charge in [0.1, 0.15) is 22.7 Å². The van der Waals surface area contributed by atoms with Gasteiger partial charge in [-0.05, 0) is 6.07 Å². The Morgan fingerprint density at radius 3 is 2.45 bits per heavy atom. The van der Waals surface area contributed by atoms with E-state index in [9.17, 15) is 27.1 Å². The number of alkyl halides is 3. The molecule has 2 N–H and O–H groups in total. The Hall–Kier alpha value is -2.45. The van der Waals surface area contributed by atoms with Crippen LogP contribution in [-0.4, -0.2) is 20.1 Å². The average Bonchev–Trinajstić information content (AvgIpc) is 2.66. The van der Waals surface area contributed by atoms with Crippen LogP contribution in [0.4, 0.5) is 22.0 Å². The van der Waals surface area contributed by atoms with E-state index < -0.39 is 35.0 Å². The van der Waals surface area contributed by atoms with Crippen molar-refractivity contribution in [1.29, 1.82) is 0 Å². The molecule has 1 aromatic carbocycles. The minimum absolute atomic E-state index is 0.124. The highest BCUT2D eigenvalue weighted by atomic mass is 19.4. The predicted molar refractivity (Wildman–Crippen MR) is 58.0 cm³/mol. The van der Waals surface area contributed by atoms with Crippen LogP contribution in [0.25, 0.3) is 21.9 Å². The molecule has 0 saturated heterocycles. The number of hydrogen-bond acceptors (Lipinski definition) is 3. The molecule has 0 aliphatic carbocycles. The highest BCUT2D eigenvalue weighted by Gasteiger charge is 2.36. The van der Waals surface area contributed by atoms with E-state index in [0.29, 0.717) is 6.07 Å². The van der Waals surface area contributed by atoms with Crippen molar-refractivity contribution in [2.45, 2.75) is 6.18 Å². The van der Waals surface area contributed by atoms with Gasteiger partial charge in [0.05, 0.1) is 10.9 Å². The lowest BCUT2D eigenvalue weighted by Crippen LogP contribution is -2.10. The van der Waals surface area contributed by atoms with Gasteiger partial charge in [0, 0.05) is 6.07 Å². The van der Waals surface area contributed by atoms with Crippen LogP contribution in [0.2, 0.25) is 0 Å². The molecular formula is C11H4F5N3O. The van der Waals surface area contributed by atoms with Crippen LogP contribution in [0.1, 0.15) is 5.82 Å². The van der Waals surface area contributed by atoms with Crippen molar-refractivity contribution in [3.05, 3.63) is 29.6 Å². The van der Waals surface area contributed by atoms with Crippen molar-refractivity contribution in [2.75, 3.05) is 0 Å². The molecule has 0 bridgehead atoms. The van der Waals surface area contributed by atoms with E-state index in [1.807, 2.05) is 0 Å². The van der Waals surface area contributed by atoms with Crippen LogP contribution < -0.4 is 0 Å². The molecule has 0 saturated carbocycles. The number of H-pyrrole nitrogens is 1. The fourth-order valence-electron chi connectivity index (χ4n) is 1.92.